The SMILES string of the molecule is Cc1ccc(NC(=O)CN2CCCN([C@H]3COC[C@@H]3O)CC2)cc1C. The Balaban J connectivity index is 1.49. The summed E-state index contributed by atoms with van der Waals surface area (Å²) in [5.74, 6) is 0.0286. The van der Waals surface area contributed by atoms with Gasteiger partial charge in [-0.3, -0.25) is 14.6 Å². The van der Waals surface area contributed by atoms with Gasteiger partial charge in [-0.15, -0.1) is 0 Å². The van der Waals surface area contributed by atoms with Gasteiger partial charge in [0.2, 0.25) is 5.91 Å². The number of aliphatic hydroxyl groups excluding tert-OH is 1. The number of hydrogen-bond donors (Lipinski definition) is 2. The molecule has 0 saturated carbocycles. The summed E-state index contributed by atoms with van der Waals surface area (Å²) in [4.78, 5) is 16.9. The third-order valence-electron chi connectivity index (χ3n) is 5.27. The summed E-state index contributed by atoms with van der Waals surface area (Å²) in [5, 5.41) is 13.0. The molecule has 0 unspecified atom stereocenters. The number of aliphatic hydroxyl groups is 1. The predicted octanol–water partition coefficient (Wildman–Crippen LogP) is 1.01. The number of rotatable bonds is 4. The molecule has 6 heteroatoms. The van der Waals surface area contributed by atoms with E-state index in [1.165, 1.54) is 11.1 Å². The number of benzene rings is 1. The maximum Gasteiger partial charge on any atom is 0.238 e. The fourth-order valence-electron chi connectivity index (χ4n) is 3.58. The van der Waals surface area contributed by atoms with Crippen molar-refractivity contribution in [2.45, 2.75) is 32.4 Å². The van der Waals surface area contributed by atoms with Crippen LogP contribution in [0.5, 0.6) is 0 Å². The van der Waals surface area contributed by atoms with Gasteiger partial charge < -0.3 is 15.2 Å². The van der Waals surface area contributed by atoms with Gasteiger partial charge in [0.05, 0.1) is 31.9 Å². The quantitative estimate of drug-likeness (QED) is 0.851. The van der Waals surface area contributed by atoms with Crippen molar-refractivity contribution in [3.8, 4) is 0 Å². The van der Waals surface area contributed by atoms with Gasteiger partial charge in [-0.25, -0.2) is 0 Å². The molecule has 3 rings (SSSR count). The third-order valence-corrected chi connectivity index (χ3v) is 5.27. The highest BCUT2D eigenvalue weighted by Crippen LogP contribution is 2.17. The number of hydrogen-bond acceptors (Lipinski definition) is 5. The van der Waals surface area contributed by atoms with Crippen LogP contribution in [0, 0.1) is 13.8 Å². The van der Waals surface area contributed by atoms with Crippen LogP contribution in [-0.2, 0) is 9.53 Å². The number of carbonyl (C=O) groups is 1. The zero-order chi connectivity index (χ0) is 17.8. The molecule has 0 bridgehead atoms. The Morgan fingerprint density at radius 3 is 2.76 bits per heavy atom. The largest absolute Gasteiger partial charge is 0.389 e. The molecule has 138 valence electrons. The number of nitrogens with one attached hydrogen (secondary N) is 1. The van der Waals surface area contributed by atoms with E-state index < -0.39 is 0 Å². The van der Waals surface area contributed by atoms with Crippen molar-refractivity contribution in [2.75, 3.05) is 51.3 Å². The molecule has 2 atom stereocenters. The Kier molecular flexibility index (Phi) is 6.06. The molecule has 25 heavy (non-hydrogen) atoms. The van der Waals surface area contributed by atoms with E-state index in [9.17, 15) is 9.90 Å². The zero-order valence-electron chi connectivity index (χ0n) is 15.2. The minimum Gasteiger partial charge on any atom is -0.389 e. The second-order valence-electron chi connectivity index (χ2n) is 7.19. The van der Waals surface area contributed by atoms with Gasteiger partial charge in [-0.1, -0.05) is 6.07 Å². The molecule has 2 aliphatic rings. The molecule has 2 N–H and O–H groups in total. The zero-order valence-corrected chi connectivity index (χ0v) is 15.2. The lowest BCUT2D eigenvalue weighted by molar-refractivity contribution is -0.117. The molecule has 0 aliphatic carbocycles. The van der Waals surface area contributed by atoms with Crippen LogP contribution >= 0.6 is 0 Å². The number of anilines is 1. The Morgan fingerprint density at radius 1 is 1.20 bits per heavy atom. The summed E-state index contributed by atoms with van der Waals surface area (Å²) >= 11 is 0. The van der Waals surface area contributed by atoms with Crippen molar-refractivity contribution in [2.24, 2.45) is 0 Å². The molecule has 0 radical (unpaired) electrons. The first-order valence-electron chi connectivity index (χ1n) is 9.12. The highest BCUT2D eigenvalue weighted by atomic mass is 16.5. The number of ether oxygens (including phenoxy) is 1. The van der Waals surface area contributed by atoms with Gasteiger partial charge in [-0.2, -0.15) is 0 Å². The monoisotopic (exact) mass is 347 g/mol. The highest BCUT2D eigenvalue weighted by Gasteiger charge is 2.32. The van der Waals surface area contributed by atoms with Crippen molar-refractivity contribution in [1.29, 1.82) is 0 Å². The van der Waals surface area contributed by atoms with E-state index in [4.69, 9.17) is 4.74 Å². The molecular formula is C19H29N3O3. The fraction of sp³-hybridized carbons (Fsp3) is 0.632. The van der Waals surface area contributed by atoms with E-state index in [1.54, 1.807) is 0 Å². The van der Waals surface area contributed by atoms with Crippen LogP contribution in [0.3, 0.4) is 0 Å². The number of aryl methyl sites for hydroxylation is 2. The van der Waals surface area contributed by atoms with Gasteiger partial charge in [-0.05, 0) is 56.6 Å². The van der Waals surface area contributed by atoms with Crippen molar-refractivity contribution >= 4 is 11.6 Å². The fourth-order valence-corrected chi connectivity index (χ4v) is 3.58. The number of nitrogens with zero attached hydrogens (tertiary/aromatic N) is 2. The Morgan fingerprint density at radius 2 is 2.04 bits per heavy atom. The number of carbonyl (C=O) groups excluding carboxylic acids is 1. The first-order chi connectivity index (χ1) is 12.0. The molecule has 1 amide bonds. The van der Waals surface area contributed by atoms with Gasteiger partial charge in [0, 0.05) is 18.8 Å². The van der Waals surface area contributed by atoms with Gasteiger partial charge in [0.15, 0.2) is 0 Å². The summed E-state index contributed by atoms with van der Waals surface area (Å²) in [6.45, 7) is 9.11. The van der Waals surface area contributed by atoms with Gasteiger partial charge in [0.1, 0.15) is 0 Å². The van der Waals surface area contributed by atoms with Crippen LogP contribution in [0.15, 0.2) is 18.2 Å². The number of amides is 1. The highest BCUT2D eigenvalue weighted by molar-refractivity contribution is 5.92. The lowest BCUT2D eigenvalue weighted by atomic mass is 10.1. The second kappa shape index (κ2) is 8.27. The molecule has 1 aromatic rings. The standard InChI is InChI=1S/C19H29N3O3/c1-14-4-5-16(10-15(14)2)20-19(24)11-21-6-3-7-22(9-8-21)17-12-25-13-18(17)23/h4-5,10,17-18,23H,3,6-9,11-13H2,1-2H3,(H,20,24)/t17-,18-/m0/s1. The van der Waals surface area contributed by atoms with E-state index in [1.807, 2.05) is 18.2 Å². The first kappa shape index (κ1) is 18.3. The molecule has 2 aliphatic heterocycles. The molecule has 0 aromatic heterocycles. The van der Waals surface area contributed by atoms with Crippen molar-refractivity contribution < 1.29 is 14.6 Å². The smallest absolute Gasteiger partial charge is 0.238 e. The molecule has 1 aromatic carbocycles. The van der Waals surface area contributed by atoms with Crippen LogP contribution in [0.4, 0.5) is 5.69 Å². The lowest BCUT2D eigenvalue weighted by Crippen LogP contribution is -2.45. The average Bonchev–Trinajstić information content (AvgIpc) is 2.86. The van der Waals surface area contributed by atoms with Crippen molar-refractivity contribution in [3.05, 3.63) is 29.3 Å². The van der Waals surface area contributed by atoms with E-state index in [0.717, 1.165) is 38.3 Å². The molecule has 2 saturated heterocycles. The Bertz CT molecular complexity index is 608. The van der Waals surface area contributed by atoms with Crippen LogP contribution in [0.25, 0.3) is 0 Å². The topological polar surface area (TPSA) is 65.0 Å². The molecule has 2 fully saturated rings. The summed E-state index contributed by atoms with van der Waals surface area (Å²) in [7, 11) is 0. The van der Waals surface area contributed by atoms with E-state index >= 15 is 0 Å². The van der Waals surface area contributed by atoms with Crippen LogP contribution < -0.4 is 5.32 Å². The Labute approximate surface area is 149 Å². The minimum absolute atomic E-state index is 0.0286. The van der Waals surface area contributed by atoms with E-state index in [-0.39, 0.29) is 18.1 Å². The lowest BCUT2D eigenvalue weighted by Gasteiger charge is -2.28. The summed E-state index contributed by atoms with van der Waals surface area (Å²) in [6, 6.07) is 6.10. The van der Waals surface area contributed by atoms with E-state index in [0.29, 0.717) is 19.8 Å². The summed E-state index contributed by atoms with van der Waals surface area (Å²) in [5.41, 5.74) is 3.26. The minimum atomic E-state index is -0.389. The molecular weight excluding hydrogens is 318 g/mol. The Hall–Kier alpha value is -1.47. The van der Waals surface area contributed by atoms with Crippen LogP contribution in [0.2, 0.25) is 0 Å². The summed E-state index contributed by atoms with van der Waals surface area (Å²) < 4.78 is 5.37. The van der Waals surface area contributed by atoms with Gasteiger partial charge in [0.25, 0.3) is 0 Å². The first-order valence-corrected chi connectivity index (χ1v) is 9.12. The predicted molar refractivity (Wildman–Crippen MR) is 97.8 cm³/mol. The van der Waals surface area contributed by atoms with Crippen LogP contribution in [-0.4, -0.2) is 78.9 Å². The normalized spacial score (nSPS) is 25.7. The van der Waals surface area contributed by atoms with Gasteiger partial charge >= 0.3 is 0 Å². The third kappa shape index (κ3) is 4.79. The average molecular weight is 347 g/mol. The second-order valence-corrected chi connectivity index (χ2v) is 7.19. The molecule has 6 nitrogen and oxygen atoms in total. The maximum absolute atomic E-state index is 12.4. The molecule has 2 heterocycles. The van der Waals surface area contributed by atoms with E-state index in [2.05, 4.69) is 29.0 Å². The van der Waals surface area contributed by atoms with Crippen LogP contribution in [0.1, 0.15) is 17.5 Å². The van der Waals surface area contributed by atoms with Crippen molar-refractivity contribution in [3.63, 3.8) is 0 Å². The summed E-state index contributed by atoms with van der Waals surface area (Å²) in [6.07, 6.45) is 0.611. The maximum atomic E-state index is 12.4. The molecule has 0 spiro atoms. The van der Waals surface area contributed by atoms with Crippen molar-refractivity contribution in [1.82, 2.24) is 9.80 Å².